The van der Waals surface area contributed by atoms with E-state index in [-0.39, 0.29) is 18.7 Å². The van der Waals surface area contributed by atoms with Crippen molar-refractivity contribution in [2.24, 2.45) is 5.92 Å². The van der Waals surface area contributed by atoms with E-state index in [0.29, 0.717) is 34.6 Å². The molecule has 1 N–H and O–H groups in total. The molecule has 0 spiro atoms. The van der Waals surface area contributed by atoms with Gasteiger partial charge in [-0.1, -0.05) is 19.9 Å². The smallest absolute Gasteiger partial charge is 0.341 e. The second kappa shape index (κ2) is 8.92. The zero-order chi connectivity index (χ0) is 21.1. The number of benzene rings is 1. The van der Waals surface area contributed by atoms with E-state index < -0.39 is 0 Å². The molecule has 1 aliphatic heterocycles. The largest absolute Gasteiger partial charge is 0.462 e. The van der Waals surface area contributed by atoms with Crippen LogP contribution in [0.1, 0.15) is 53.1 Å². The second-order valence-electron chi connectivity index (χ2n) is 7.63. The average molecular weight is 428 g/mol. The maximum absolute atomic E-state index is 12.7. The molecule has 1 aliphatic carbocycles. The summed E-state index contributed by atoms with van der Waals surface area (Å²) < 4.78 is 16.1. The molecule has 0 saturated carbocycles. The van der Waals surface area contributed by atoms with Gasteiger partial charge in [0.2, 0.25) is 12.7 Å². The summed E-state index contributed by atoms with van der Waals surface area (Å²) in [4.78, 5) is 26.5. The van der Waals surface area contributed by atoms with Crippen molar-refractivity contribution in [1.29, 1.82) is 0 Å². The summed E-state index contributed by atoms with van der Waals surface area (Å²) in [6.45, 7) is 4.75. The number of hydrogen-bond acceptors (Lipinski definition) is 6. The molecule has 2 aliphatic rings. The van der Waals surface area contributed by atoms with Crippen LogP contribution in [0.2, 0.25) is 0 Å². The molecule has 0 saturated heterocycles. The third-order valence-corrected chi connectivity index (χ3v) is 6.38. The van der Waals surface area contributed by atoms with E-state index >= 15 is 0 Å². The number of esters is 1. The molecule has 0 bridgehead atoms. The van der Waals surface area contributed by atoms with Crippen molar-refractivity contribution >= 4 is 34.3 Å². The molecule has 30 heavy (non-hydrogen) atoms. The van der Waals surface area contributed by atoms with Gasteiger partial charge in [-0.3, -0.25) is 4.79 Å². The second-order valence-corrected chi connectivity index (χ2v) is 8.73. The summed E-state index contributed by atoms with van der Waals surface area (Å²) in [6, 6.07) is 5.50. The molecule has 4 rings (SSSR count). The van der Waals surface area contributed by atoms with Gasteiger partial charge in [0.1, 0.15) is 5.00 Å². The number of anilines is 1. The number of rotatable bonds is 6. The minimum Gasteiger partial charge on any atom is -0.462 e. The highest BCUT2D eigenvalue weighted by atomic mass is 32.1. The first-order valence-corrected chi connectivity index (χ1v) is 11.1. The Kier molecular flexibility index (Phi) is 6.08. The van der Waals surface area contributed by atoms with Gasteiger partial charge in [-0.2, -0.15) is 0 Å². The van der Waals surface area contributed by atoms with Gasteiger partial charge in [0.15, 0.2) is 11.5 Å². The summed E-state index contributed by atoms with van der Waals surface area (Å²) in [5.41, 5.74) is 2.39. The fourth-order valence-corrected chi connectivity index (χ4v) is 5.07. The number of thiophene rings is 1. The van der Waals surface area contributed by atoms with Crippen molar-refractivity contribution in [3.8, 4) is 11.5 Å². The Labute approximate surface area is 179 Å². The van der Waals surface area contributed by atoms with E-state index in [9.17, 15) is 9.59 Å². The zero-order valence-corrected chi connectivity index (χ0v) is 18.0. The minimum atomic E-state index is -0.348. The maximum Gasteiger partial charge on any atom is 0.341 e. The lowest BCUT2D eigenvalue weighted by Gasteiger charge is -2.18. The minimum absolute atomic E-state index is 0.210. The van der Waals surface area contributed by atoms with Crippen molar-refractivity contribution < 1.29 is 23.8 Å². The van der Waals surface area contributed by atoms with Gasteiger partial charge >= 0.3 is 5.97 Å². The highest BCUT2D eigenvalue weighted by Crippen LogP contribution is 2.40. The summed E-state index contributed by atoms with van der Waals surface area (Å²) in [6.07, 6.45) is 6.73. The Hall–Kier alpha value is -2.80. The summed E-state index contributed by atoms with van der Waals surface area (Å²) >= 11 is 1.49. The van der Waals surface area contributed by atoms with Crippen LogP contribution >= 0.6 is 11.3 Å². The molecule has 1 atom stereocenters. The first-order chi connectivity index (χ1) is 14.5. The van der Waals surface area contributed by atoms with Crippen LogP contribution in [0.3, 0.4) is 0 Å². The molecule has 2 aromatic rings. The standard InChI is InChI=1S/C23H25NO5S/c1-3-10-27-23(26)21-16-7-4-14(2)11-19(16)30-22(21)24-20(25)9-6-15-5-8-17-18(12-15)29-13-28-17/h5-6,8-9,12,14H,3-4,7,10-11,13H2,1-2H3,(H,24,25)/b9-6+. The molecule has 0 fully saturated rings. The molecule has 6 nitrogen and oxygen atoms in total. The van der Waals surface area contributed by atoms with E-state index in [2.05, 4.69) is 12.2 Å². The molecule has 0 radical (unpaired) electrons. The molecule has 1 aromatic carbocycles. The van der Waals surface area contributed by atoms with Crippen LogP contribution in [-0.4, -0.2) is 25.3 Å². The Bertz CT molecular complexity index is 994. The predicted octanol–water partition coefficient (Wildman–Crippen LogP) is 4.82. The molecule has 158 valence electrons. The molecule has 1 unspecified atom stereocenters. The maximum atomic E-state index is 12.7. The number of ether oxygens (including phenoxy) is 3. The van der Waals surface area contributed by atoms with Crippen LogP contribution in [-0.2, 0) is 22.4 Å². The Morgan fingerprint density at radius 2 is 2.13 bits per heavy atom. The van der Waals surface area contributed by atoms with Gasteiger partial charge in [0.05, 0.1) is 12.2 Å². The number of amides is 1. The van der Waals surface area contributed by atoms with Crippen molar-refractivity contribution in [1.82, 2.24) is 0 Å². The fourth-order valence-electron chi connectivity index (χ4n) is 3.66. The van der Waals surface area contributed by atoms with Gasteiger partial charge in [0.25, 0.3) is 0 Å². The van der Waals surface area contributed by atoms with E-state index in [1.165, 1.54) is 22.3 Å². The Morgan fingerprint density at radius 3 is 2.97 bits per heavy atom. The van der Waals surface area contributed by atoms with Crippen LogP contribution in [0.4, 0.5) is 5.00 Å². The quantitative estimate of drug-likeness (QED) is 0.528. The van der Waals surface area contributed by atoms with Gasteiger partial charge in [-0.15, -0.1) is 11.3 Å². The lowest BCUT2D eigenvalue weighted by atomic mass is 9.88. The van der Waals surface area contributed by atoms with Gasteiger partial charge in [-0.05, 0) is 60.9 Å². The monoisotopic (exact) mass is 427 g/mol. The summed E-state index contributed by atoms with van der Waals surface area (Å²) in [5, 5.41) is 3.48. The van der Waals surface area contributed by atoms with Gasteiger partial charge < -0.3 is 19.5 Å². The lowest BCUT2D eigenvalue weighted by Crippen LogP contribution is -2.16. The molecule has 1 amide bonds. The number of nitrogens with one attached hydrogen (secondary N) is 1. The first-order valence-electron chi connectivity index (χ1n) is 10.3. The number of carbonyl (C=O) groups excluding carboxylic acids is 2. The van der Waals surface area contributed by atoms with Crippen LogP contribution in [0.5, 0.6) is 11.5 Å². The molecule has 2 heterocycles. The van der Waals surface area contributed by atoms with E-state index in [0.717, 1.165) is 36.8 Å². The number of hydrogen-bond donors (Lipinski definition) is 1. The molecular formula is C23H25NO5S. The van der Waals surface area contributed by atoms with Crippen LogP contribution < -0.4 is 14.8 Å². The van der Waals surface area contributed by atoms with E-state index in [1.54, 1.807) is 6.08 Å². The number of carbonyl (C=O) groups is 2. The van der Waals surface area contributed by atoms with Crippen molar-refractivity contribution in [3.05, 3.63) is 45.8 Å². The average Bonchev–Trinajstić information content (AvgIpc) is 3.33. The topological polar surface area (TPSA) is 73.9 Å². The molecule has 1 aromatic heterocycles. The van der Waals surface area contributed by atoms with Crippen LogP contribution in [0, 0.1) is 5.92 Å². The lowest BCUT2D eigenvalue weighted by molar-refractivity contribution is -0.111. The number of fused-ring (bicyclic) bond motifs is 2. The third kappa shape index (κ3) is 4.36. The van der Waals surface area contributed by atoms with Crippen LogP contribution in [0.25, 0.3) is 6.08 Å². The van der Waals surface area contributed by atoms with Gasteiger partial charge in [-0.25, -0.2) is 4.79 Å². The predicted molar refractivity (Wildman–Crippen MR) is 116 cm³/mol. The fraction of sp³-hybridized carbons (Fsp3) is 0.391. The zero-order valence-electron chi connectivity index (χ0n) is 17.2. The normalized spacial score (nSPS) is 17.1. The van der Waals surface area contributed by atoms with Crippen LogP contribution in [0.15, 0.2) is 24.3 Å². The van der Waals surface area contributed by atoms with Crippen molar-refractivity contribution in [3.63, 3.8) is 0 Å². The highest BCUT2D eigenvalue weighted by molar-refractivity contribution is 7.17. The third-order valence-electron chi connectivity index (χ3n) is 5.21. The van der Waals surface area contributed by atoms with E-state index in [4.69, 9.17) is 14.2 Å². The SMILES string of the molecule is CCCOC(=O)c1c(NC(=O)/C=C/c2ccc3c(c2)OCO3)sc2c1CCC(C)C2. The molecule has 7 heteroatoms. The summed E-state index contributed by atoms with van der Waals surface area (Å²) in [5.74, 6) is 1.30. The van der Waals surface area contributed by atoms with Gasteiger partial charge in [0, 0.05) is 11.0 Å². The molecular weight excluding hydrogens is 402 g/mol. The van der Waals surface area contributed by atoms with E-state index in [1.807, 2.05) is 25.1 Å². The highest BCUT2D eigenvalue weighted by Gasteiger charge is 2.29. The van der Waals surface area contributed by atoms with Crippen molar-refractivity contribution in [2.75, 3.05) is 18.7 Å². The Balaban J connectivity index is 1.52. The van der Waals surface area contributed by atoms with Crippen molar-refractivity contribution in [2.45, 2.75) is 39.5 Å². The Morgan fingerprint density at radius 1 is 1.30 bits per heavy atom. The summed E-state index contributed by atoms with van der Waals surface area (Å²) in [7, 11) is 0. The first kappa shape index (κ1) is 20.5.